The van der Waals surface area contributed by atoms with Gasteiger partial charge in [0.2, 0.25) is 0 Å². The Bertz CT molecular complexity index is 716. The molecule has 0 heterocycles. The molecule has 2 rings (SSSR count). The van der Waals surface area contributed by atoms with Crippen LogP contribution < -0.4 is 0 Å². The number of aliphatic imine (C=N–C) groups is 1. The van der Waals surface area contributed by atoms with E-state index in [1.807, 2.05) is 0 Å². The summed E-state index contributed by atoms with van der Waals surface area (Å²) in [6, 6.07) is 10.8. The number of hydrogen-bond acceptors (Lipinski definition) is 6. The lowest BCUT2D eigenvalue weighted by atomic mass is 10.1. The molecule has 0 saturated carbocycles. The van der Waals surface area contributed by atoms with Gasteiger partial charge in [0.25, 0.3) is 0 Å². The van der Waals surface area contributed by atoms with Crippen LogP contribution in [0.1, 0.15) is 26.3 Å². The Morgan fingerprint density at radius 3 is 1.96 bits per heavy atom. The van der Waals surface area contributed by atoms with E-state index in [9.17, 15) is 14.7 Å². The highest BCUT2D eigenvalue weighted by molar-refractivity contribution is 5.98. The van der Waals surface area contributed by atoms with Gasteiger partial charge in [0.15, 0.2) is 0 Å². The summed E-state index contributed by atoms with van der Waals surface area (Å²) in [6.45, 7) is 0. The number of phenolic OH excluding ortho intramolecular Hbond substituents is 1. The molecule has 0 amide bonds. The van der Waals surface area contributed by atoms with Crippen LogP contribution in [-0.2, 0) is 9.47 Å². The van der Waals surface area contributed by atoms with E-state index in [0.29, 0.717) is 11.3 Å². The summed E-state index contributed by atoms with van der Waals surface area (Å²) in [6.07, 6.45) is 1.51. The largest absolute Gasteiger partial charge is 0.508 e. The molecule has 0 saturated heterocycles. The molecule has 0 spiro atoms. The number of benzene rings is 2. The molecule has 0 radical (unpaired) electrons. The fourth-order valence-electron chi connectivity index (χ4n) is 1.89. The zero-order valence-electron chi connectivity index (χ0n) is 12.6. The minimum absolute atomic E-state index is 0.143. The van der Waals surface area contributed by atoms with E-state index in [0.717, 1.165) is 0 Å². The fraction of sp³-hybridized carbons (Fsp3) is 0.118. The maximum Gasteiger partial charge on any atom is 0.337 e. The van der Waals surface area contributed by atoms with E-state index in [2.05, 4.69) is 14.5 Å². The van der Waals surface area contributed by atoms with Crippen molar-refractivity contribution in [3.63, 3.8) is 0 Å². The second kappa shape index (κ2) is 7.22. The molecule has 2 aromatic carbocycles. The Kier molecular flexibility index (Phi) is 5.09. The van der Waals surface area contributed by atoms with Crippen LogP contribution in [0.15, 0.2) is 47.5 Å². The summed E-state index contributed by atoms with van der Waals surface area (Å²) in [5.74, 6) is -0.977. The van der Waals surface area contributed by atoms with E-state index in [-0.39, 0.29) is 16.9 Å². The number of aromatic hydroxyl groups is 1. The van der Waals surface area contributed by atoms with Crippen molar-refractivity contribution in [3.05, 3.63) is 59.2 Å². The van der Waals surface area contributed by atoms with Crippen LogP contribution in [0.2, 0.25) is 0 Å². The first kappa shape index (κ1) is 16.2. The zero-order chi connectivity index (χ0) is 16.8. The third kappa shape index (κ3) is 4.16. The average molecular weight is 313 g/mol. The van der Waals surface area contributed by atoms with E-state index in [1.54, 1.807) is 24.3 Å². The number of carbonyl (C=O) groups is 2. The van der Waals surface area contributed by atoms with Gasteiger partial charge in [0.05, 0.1) is 31.0 Å². The maximum absolute atomic E-state index is 11.7. The van der Waals surface area contributed by atoms with Crippen LogP contribution in [0, 0.1) is 0 Å². The summed E-state index contributed by atoms with van der Waals surface area (Å²) in [5, 5.41) is 9.24. The Labute approximate surface area is 133 Å². The first-order chi connectivity index (χ1) is 11.0. The summed E-state index contributed by atoms with van der Waals surface area (Å²) in [5.41, 5.74) is 1.61. The normalized spacial score (nSPS) is 10.5. The molecule has 2 aromatic rings. The minimum Gasteiger partial charge on any atom is -0.508 e. The van der Waals surface area contributed by atoms with E-state index in [1.165, 1.54) is 38.6 Å². The molecule has 6 nitrogen and oxygen atoms in total. The average Bonchev–Trinajstić information content (AvgIpc) is 2.59. The topological polar surface area (TPSA) is 85.2 Å². The maximum atomic E-state index is 11.7. The molecule has 0 fully saturated rings. The SMILES string of the molecule is COC(=O)c1cc(C=Nc2ccc(O)cc2)cc(C(=O)OC)c1. The molecular weight excluding hydrogens is 298 g/mol. The Hall–Kier alpha value is -3.15. The number of carbonyl (C=O) groups excluding carboxylic acids is 2. The monoisotopic (exact) mass is 313 g/mol. The van der Waals surface area contributed by atoms with Gasteiger partial charge in [-0.3, -0.25) is 4.99 Å². The van der Waals surface area contributed by atoms with Crippen molar-refractivity contribution in [2.45, 2.75) is 0 Å². The van der Waals surface area contributed by atoms with Crippen molar-refractivity contribution in [1.29, 1.82) is 0 Å². The van der Waals surface area contributed by atoms with Crippen LogP contribution in [0.4, 0.5) is 5.69 Å². The van der Waals surface area contributed by atoms with Crippen molar-refractivity contribution in [1.82, 2.24) is 0 Å². The van der Waals surface area contributed by atoms with Gasteiger partial charge in [-0.2, -0.15) is 0 Å². The highest BCUT2D eigenvalue weighted by Gasteiger charge is 2.13. The number of rotatable bonds is 4. The molecule has 0 aromatic heterocycles. The second-order valence-corrected chi connectivity index (χ2v) is 4.60. The summed E-state index contributed by atoms with van der Waals surface area (Å²) >= 11 is 0. The molecule has 6 heteroatoms. The van der Waals surface area contributed by atoms with Gasteiger partial charge >= 0.3 is 11.9 Å². The van der Waals surface area contributed by atoms with Crippen molar-refractivity contribution in [2.24, 2.45) is 4.99 Å². The molecule has 1 N–H and O–H groups in total. The first-order valence-electron chi connectivity index (χ1n) is 6.68. The van der Waals surface area contributed by atoms with Crippen LogP contribution in [-0.4, -0.2) is 37.5 Å². The van der Waals surface area contributed by atoms with Gasteiger partial charge < -0.3 is 14.6 Å². The summed E-state index contributed by atoms with van der Waals surface area (Å²) in [4.78, 5) is 27.6. The number of methoxy groups -OCH3 is 2. The Balaban J connectivity index is 2.38. The fourth-order valence-corrected chi connectivity index (χ4v) is 1.89. The molecular formula is C17H15NO5. The molecule has 0 aliphatic heterocycles. The lowest BCUT2D eigenvalue weighted by Crippen LogP contribution is -2.07. The standard InChI is InChI=1S/C17H15NO5/c1-22-16(20)12-7-11(8-13(9-12)17(21)23-2)10-18-14-3-5-15(19)6-4-14/h3-10,19H,1-2H3. The number of phenols is 1. The molecule has 0 aliphatic carbocycles. The lowest BCUT2D eigenvalue weighted by molar-refractivity contribution is 0.0599. The minimum atomic E-state index is -0.560. The van der Waals surface area contributed by atoms with E-state index in [4.69, 9.17) is 0 Å². The highest BCUT2D eigenvalue weighted by Crippen LogP contribution is 2.17. The summed E-state index contributed by atoms with van der Waals surface area (Å²) in [7, 11) is 2.52. The predicted molar refractivity (Wildman–Crippen MR) is 84.5 cm³/mol. The van der Waals surface area contributed by atoms with E-state index >= 15 is 0 Å². The number of hydrogen-bond donors (Lipinski definition) is 1. The molecule has 0 unspecified atom stereocenters. The molecule has 23 heavy (non-hydrogen) atoms. The van der Waals surface area contributed by atoms with Gasteiger partial charge in [-0.1, -0.05) is 0 Å². The van der Waals surface area contributed by atoms with Crippen LogP contribution in [0.5, 0.6) is 5.75 Å². The van der Waals surface area contributed by atoms with Crippen LogP contribution in [0.25, 0.3) is 0 Å². The molecule has 0 aliphatic rings. The predicted octanol–water partition coefficient (Wildman–Crippen LogP) is 2.72. The zero-order valence-corrected chi connectivity index (χ0v) is 12.6. The first-order valence-corrected chi connectivity index (χ1v) is 6.68. The molecule has 0 atom stereocenters. The third-order valence-electron chi connectivity index (χ3n) is 3.01. The van der Waals surface area contributed by atoms with Crippen molar-refractivity contribution < 1.29 is 24.2 Å². The van der Waals surface area contributed by atoms with Crippen LogP contribution in [0.3, 0.4) is 0 Å². The van der Waals surface area contributed by atoms with Gasteiger partial charge in [-0.15, -0.1) is 0 Å². The number of nitrogens with zero attached hydrogens (tertiary/aromatic N) is 1. The number of esters is 2. The van der Waals surface area contributed by atoms with Gasteiger partial charge in [-0.05, 0) is 48.0 Å². The van der Waals surface area contributed by atoms with Crippen molar-refractivity contribution in [2.75, 3.05) is 14.2 Å². The van der Waals surface area contributed by atoms with Crippen molar-refractivity contribution >= 4 is 23.8 Å². The smallest absolute Gasteiger partial charge is 0.337 e. The second-order valence-electron chi connectivity index (χ2n) is 4.60. The quantitative estimate of drug-likeness (QED) is 0.693. The van der Waals surface area contributed by atoms with E-state index < -0.39 is 11.9 Å². The third-order valence-corrected chi connectivity index (χ3v) is 3.01. The van der Waals surface area contributed by atoms with Gasteiger partial charge in [0.1, 0.15) is 5.75 Å². The Morgan fingerprint density at radius 1 is 0.957 bits per heavy atom. The molecule has 0 bridgehead atoms. The van der Waals surface area contributed by atoms with Gasteiger partial charge in [0, 0.05) is 6.21 Å². The highest BCUT2D eigenvalue weighted by atomic mass is 16.5. The van der Waals surface area contributed by atoms with Crippen molar-refractivity contribution in [3.8, 4) is 5.75 Å². The van der Waals surface area contributed by atoms with Gasteiger partial charge in [-0.25, -0.2) is 9.59 Å². The lowest BCUT2D eigenvalue weighted by Gasteiger charge is -2.05. The van der Waals surface area contributed by atoms with Crippen LogP contribution >= 0.6 is 0 Å². The number of ether oxygens (including phenoxy) is 2. The summed E-state index contributed by atoms with van der Waals surface area (Å²) < 4.78 is 9.34. The Morgan fingerprint density at radius 2 is 1.48 bits per heavy atom. The molecule has 118 valence electrons.